The lowest BCUT2D eigenvalue weighted by Crippen LogP contribution is -2.29. The SMILES string of the molecule is CNC(C)c1cccnc1N(C)CC(C)O. The predicted molar refractivity (Wildman–Crippen MR) is 66.7 cm³/mol. The fourth-order valence-electron chi connectivity index (χ4n) is 1.70. The van der Waals surface area contributed by atoms with Gasteiger partial charge in [-0.25, -0.2) is 4.98 Å². The molecule has 4 nitrogen and oxygen atoms in total. The molecule has 0 aliphatic heterocycles. The van der Waals surface area contributed by atoms with Gasteiger partial charge in [-0.15, -0.1) is 0 Å². The lowest BCUT2D eigenvalue weighted by molar-refractivity contribution is 0.201. The van der Waals surface area contributed by atoms with E-state index in [-0.39, 0.29) is 12.1 Å². The van der Waals surface area contributed by atoms with Crippen LogP contribution < -0.4 is 10.2 Å². The maximum atomic E-state index is 9.39. The number of aromatic nitrogens is 1. The average molecular weight is 223 g/mol. The summed E-state index contributed by atoms with van der Waals surface area (Å²) in [4.78, 5) is 6.36. The smallest absolute Gasteiger partial charge is 0.133 e. The summed E-state index contributed by atoms with van der Waals surface area (Å²) in [6, 6.07) is 4.24. The predicted octanol–water partition coefficient (Wildman–Crippen LogP) is 1.18. The highest BCUT2D eigenvalue weighted by Gasteiger charge is 2.14. The molecule has 0 aromatic carbocycles. The van der Waals surface area contributed by atoms with Crippen LogP contribution in [-0.4, -0.2) is 36.8 Å². The normalized spacial score (nSPS) is 14.6. The maximum Gasteiger partial charge on any atom is 0.133 e. The summed E-state index contributed by atoms with van der Waals surface area (Å²) in [6.45, 7) is 4.46. The van der Waals surface area contributed by atoms with Crippen molar-refractivity contribution >= 4 is 5.82 Å². The molecule has 1 aromatic rings. The Morgan fingerprint density at radius 2 is 2.19 bits per heavy atom. The first-order chi connectivity index (χ1) is 7.56. The van der Waals surface area contributed by atoms with Gasteiger partial charge in [-0.3, -0.25) is 0 Å². The second-order valence-corrected chi connectivity index (χ2v) is 4.16. The van der Waals surface area contributed by atoms with Crippen LogP contribution in [0.2, 0.25) is 0 Å². The van der Waals surface area contributed by atoms with Crippen molar-refractivity contribution in [2.45, 2.75) is 26.0 Å². The summed E-state index contributed by atoms with van der Waals surface area (Å²) in [5, 5.41) is 12.6. The van der Waals surface area contributed by atoms with Crippen LogP contribution in [0.25, 0.3) is 0 Å². The third-order valence-electron chi connectivity index (χ3n) is 2.62. The minimum atomic E-state index is -0.357. The number of rotatable bonds is 5. The van der Waals surface area contributed by atoms with Gasteiger partial charge in [-0.05, 0) is 27.0 Å². The van der Waals surface area contributed by atoms with E-state index in [1.807, 2.05) is 25.1 Å². The van der Waals surface area contributed by atoms with Crippen LogP contribution in [0.4, 0.5) is 5.82 Å². The van der Waals surface area contributed by atoms with E-state index < -0.39 is 0 Å². The topological polar surface area (TPSA) is 48.4 Å². The molecule has 0 radical (unpaired) electrons. The van der Waals surface area contributed by atoms with Crippen molar-refractivity contribution in [2.24, 2.45) is 0 Å². The van der Waals surface area contributed by atoms with Gasteiger partial charge in [0.1, 0.15) is 5.82 Å². The molecular weight excluding hydrogens is 202 g/mol. The molecule has 0 bridgehead atoms. The van der Waals surface area contributed by atoms with E-state index in [0.29, 0.717) is 6.54 Å². The van der Waals surface area contributed by atoms with Gasteiger partial charge >= 0.3 is 0 Å². The quantitative estimate of drug-likeness (QED) is 0.787. The van der Waals surface area contributed by atoms with Crippen molar-refractivity contribution in [3.63, 3.8) is 0 Å². The zero-order valence-electron chi connectivity index (χ0n) is 10.4. The Morgan fingerprint density at radius 1 is 1.50 bits per heavy atom. The second kappa shape index (κ2) is 5.82. The minimum absolute atomic E-state index is 0.250. The van der Waals surface area contributed by atoms with Crippen molar-refractivity contribution in [3.05, 3.63) is 23.9 Å². The summed E-state index contributed by atoms with van der Waals surface area (Å²) in [5.74, 6) is 0.922. The summed E-state index contributed by atoms with van der Waals surface area (Å²) in [6.07, 6.45) is 1.42. The lowest BCUT2D eigenvalue weighted by atomic mass is 10.1. The Bertz CT molecular complexity index is 328. The van der Waals surface area contributed by atoms with Crippen LogP contribution in [0, 0.1) is 0 Å². The van der Waals surface area contributed by atoms with Gasteiger partial charge in [0.05, 0.1) is 6.10 Å². The maximum absolute atomic E-state index is 9.39. The molecule has 2 unspecified atom stereocenters. The van der Waals surface area contributed by atoms with Crippen molar-refractivity contribution < 1.29 is 5.11 Å². The highest BCUT2D eigenvalue weighted by atomic mass is 16.3. The van der Waals surface area contributed by atoms with Crippen molar-refractivity contribution in [1.29, 1.82) is 0 Å². The standard InChI is InChI=1S/C12H21N3O/c1-9(16)8-15(4)12-11(10(2)13-3)6-5-7-14-12/h5-7,9-10,13,16H,8H2,1-4H3. The molecule has 0 saturated heterocycles. The van der Waals surface area contributed by atoms with Gasteiger partial charge in [-0.2, -0.15) is 0 Å². The highest BCUT2D eigenvalue weighted by Crippen LogP contribution is 2.22. The molecule has 1 aromatic heterocycles. The molecule has 0 aliphatic carbocycles. The molecule has 0 spiro atoms. The largest absolute Gasteiger partial charge is 0.392 e. The molecule has 2 atom stereocenters. The first-order valence-electron chi connectivity index (χ1n) is 5.57. The van der Waals surface area contributed by atoms with Crippen molar-refractivity contribution in [3.8, 4) is 0 Å². The van der Waals surface area contributed by atoms with Gasteiger partial charge in [0.15, 0.2) is 0 Å². The Morgan fingerprint density at radius 3 is 2.75 bits per heavy atom. The number of aliphatic hydroxyl groups is 1. The molecule has 16 heavy (non-hydrogen) atoms. The fourth-order valence-corrected chi connectivity index (χ4v) is 1.70. The fraction of sp³-hybridized carbons (Fsp3) is 0.583. The van der Waals surface area contributed by atoms with Crippen molar-refractivity contribution in [2.75, 3.05) is 25.5 Å². The zero-order chi connectivity index (χ0) is 12.1. The number of pyridine rings is 1. The van der Waals surface area contributed by atoms with Crippen LogP contribution in [0.15, 0.2) is 18.3 Å². The average Bonchev–Trinajstić information content (AvgIpc) is 2.27. The Hall–Kier alpha value is -1.13. The molecular formula is C12H21N3O. The van der Waals surface area contributed by atoms with Gasteiger partial charge in [0, 0.05) is 31.4 Å². The first-order valence-corrected chi connectivity index (χ1v) is 5.57. The lowest BCUT2D eigenvalue weighted by Gasteiger charge is -2.24. The number of nitrogens with one attached hydrogen (secondary N) is 1. The number of likely N-dealkylation sites (N-methyl/N-ethyl adjacent to an activating group) is 1. The van der Waals surface area contributed by atoms with Gasteiger partial charge in [0.2, 0.25) is 0 Å². The van der Waals surface area contributed by atoms with E-state index in [4.69, 9.17) is 0 Å². The van der Waals surface area contributed by atoms with E-state index in [1.54, 1.807) is 13.1 Å². The Kier molecular flexibility index (Phi) is 4.71. The van der Waals surface area contributed by atoms with Gasteiger partial charge < -0.3 is 15.3 Å². The zero-order valence-corrected chi connectivity index (χ0v) is 10.4. The summed E-state index contributed by atoms with van der Waals surface area (Å²) < 4.78 is 0. The summed E-state index contributed by atoms with van der Waals surface area (Å²) in [7, 11) is 3.87. The first kappa shape index (κ1) is 12.9. The molecule has 90 valence electrons. The third-order valence-corrected chi connectivity index (χ3v) is 2.62. The van der Waals surface area contributed by atoms with E-state index in [0.717, 1.165) is 11.4 Å². The van der Waals surface area contributed by atoms with E-state index >= 15 is 0 Å². The molecule has 0 amide bonds. The summed E-state index contributed by atoms with van der Waals surface area (Å²) >= 11 is 0. The molecule has 4 heteroatoms. The van der Waals surface area contributed by atoms with Crippen LogP contribution >= 0.6 is 0 Å². The number of hydrogen-bond acceptors (Lipinski definition) is 4. The van der Waals surface area contributed by atoms with Crippen LogP contribution in [0.3, 0.4) is 0 Å². The number of nitrogens with zero attached hydrogens (tertiary/aromatic N) is 2. The molecule has 1 rings (SSSR count). The highest BCUT2D eigenvalue weighted by molar-refractivity contribution is 5.47. The second-order valence-electron chi connectivity index (χ2n) is 4.16. The van der Waals surface area contributed by atoms with E-state index in [2.05, 4.69) is 23.3 Å². The van der Waals surface area contributed by atoms with Gasteiger partial charge in [0.25, 0.3) is 0 Å². The Balaban J connectivity index is 2.93. The molecule has 0 fully saturated rings. The Labute approximate surface area is 97.3 Å². The molecule has 0 aliphatic rings. The number of hydrogen-bond donors (Lipinski definition) is 2. The monoisotopic (exact) mass is 223 g/mol. The van der Waals surface area contributed by atoms with Crippen molar-refractivity contribution in [1.82, 2.24) is 10.3 Å². The minimum Gasteiger partial charge on any atom is -0.392 e. The van der Waals surface area contributed by atoms with E-state index in [9.17, 15) is 5.11 Å². The van der Waals surface area contributed by atoms with E-state index in [1.165, 1.54) is 0 Å². The van der Waals surface area contributed by atoms with Crippen LogP contribution in [0.5, 0.6) is 0 Å². The summed E-state index contributed by atoms with van der Waals surface area (Å²) in [5.41, 5.74) is 1.15. The molecule has 1 heterocycles. The van der Waals surface area contributed by atoms with Crippen LogP contribution in [-0.2, 0) is 0 Å². The van der Waals surface area contributed by atoms with Crippen LogP contribution in [0.1, 0.15) is 25.5 Å². The number of aliphatic hydroxyl groups excluding tert-OH is 1. The number of anilines is 1. The molecule has 0 saturated carbocycles. The van der Waals surface area contributed by atoms with Gasteiger partial charge in [-0.1, -0.05) is 6.07 Å². The third kappa shape index (κ3) is 3.18. The molecule has 2 N–H and O–H groups in total.